The van der Waals surface area contributed by atoms with Crippen molar-refractivity contribution in [3.05, 3.63) is 34.3 Å². The average molecular weight is 258 g/mol. The lowest BCUT2D eigenvalue weighted by molar-refractivity contribution is -0.0893. The second kappa shape index (κ2) is 6.17. The van der Waals surface area contributed by atoms with Crippen molar-refractivity contribution in [1.29, 1.82) is 0 Å². The molecule has 0 aromatic heterocycles. The molecule has 0 atom stereocenters. The van der Waals surface area contributed by atoms with Gasteiger partial charge in [-0.05, 0) is 30.5 Å². The summed E-state index contributed by atoms with van der Waals surface area (Å²) in [5, 5.41) is 10.8. The van der Waals surface area contributed by atoms with Crippen molar-refractivity contribution in [2.75, 3.05) is 13.1 Å². The maximum atomic E-state index is 9.39. The van der Waals surface area contributed by atoms with E-state index < -0.39 is 0 Å². The van der Waals surface area contributed by atoms with Crippen LogP contribution in [0.2, 0.25) is 0 Å². The third-order valence-corrected chi connectivity index (χ3v) is 2.58. The number of benzene rings is 1. The number of hydrogen-bond acceptors (Lipinski definition) is 2. The predicted octanol–water partition coefficient (Wildman–Crippen LogP) is 3.09. The highest BCUT2D eigenvalue weighted by molar-refractivity contribution is 9.10. The Morgan fingerprint density at radius 2 is 1.86 bits per heavy atom. The quantitative estimate of drug-likeness (QED) is 0.820. The molecule has 1 N–H and O–H groups in total. The summed E-state index contributed by atoms with van der Waals surface area (Å²) in [6.07, 6.45) is 1.88. The van der Waals surface area contributed by atoms with Gasteiger partial charge >= 0.3 is 0 Å². The first-order valence-corrected chi connectivity index (χ1v) is 5.70. The lowest BCUT2D eigenvalue weighted by Crippen LogP contribution is -2.22. The molecule has 78 valence electrons. The summed E-state index contributed by atoms with van der Waals surface area (Å²) in [6.45, 7) is 3.51. The van der Waals surface area contributed by atoms with E-state index in [-0.39, 0.29) is 0 Å². The maximum absolute atomic E-state index is 9.39. The van der Waals surface area contributed by atoms with Gasteiger partial charge in [0.25, 0.3) is 0 Å². The Morgan fingerprint density at radius 3 is 2.43 bits per heavy atom. The summed E-state index contributed by atoms with van der Waals surface area (Å²) in [4.78, 5) is 0. The normalized spacial score (nSPS) is 10.9. The molecule has 0 unspecified atom stereocenters. The molecular weight excluding hydrogens is 242 g/mol. The van der Waals surface area contributed by atoms with Crippen molar-refractivity contribution in [2.24, 2.45) is 0 Å². The number of hydroxylamine groups is 2. The second-order valence-electron chi connectivity index (χ2n) is 3.33. The third-order valence-electron chi connectivity index (χ3n) is 2.05. The zero-order valence-electron chi connectivity index (χ0n) is 8.41. The number of halogens is 1. The van der Waals surface area contributed by atoms with E-state index in [1.807, 2.05) is 12.1 Å². The Kier molecular flexibility index (Phi) is 5.15. The van der Waals surface area contributed by atoms with Gasteiger partial charge in [0, 0.05) is 17.6 Å². The molecule has 0 spiro atoms. The van der Waals surface area contributed by atoms with Gasteiger partial charge in [0.15, 0.2) is 0 Å². The van der Waals surface area contributed by atoms with Crippen molar-refractivity contribution < 1.29 is 5.21 Å². The summed E-state index contributed by atoms with van der Waals surface area (Å²) >= 11 is 3.39. The van der Waals surface area contributed by atoms with Crippen molar-refractivity contribution >= 4 is 15.9 Å². The summed E-state index contributed by atoms with van der Waals surface area (Å²) < 4.78 is 1.09. The third kappa shape index (κ3) is 4.22. The molecule has 0 aliphatic carbocycles. The van der Waals surface area contributed by atoms with E-state index in [0.717, 1.165) is 23.9 Å². The fraction of sp³-hybridized carbons (Fsp3) is 0.455. The molecule has 0 bridgehead atoms. The molecule has 0 heterocycles. The lowest BCUT2D eigenvalue weighted by atomic mass is 10.1. The first-order chi connectivity index (χ1) is 6.72. The van der Waals surface area contributed by atoms with Gasteiger partial charge in [0.05, 0.1) is 0 Å². The average Bonchev–Trinajstić information content (AvgIpc) is 2.17. The molecule has 1 aromatic rings. The Bertz CT molecular complexity index is 260. The minimum atomic E-state index is 0.704. The Balaban J connectivity index is 2.34. The largest absolute Gasteiger partial charge is 0.314 e. The SMILES string of the molecule is CCCN(O)CCc1ccc(Br)cc1. The summed E-state index contributed by atoms with van der Waals surface area (Å²) in [5.41, 5.74) is 1.25. The van der Waals surface area contributed by atoms with E-state index >= 15 is 0 Å². The van der Waals surface area contributed by atoms with Crippen LogP contribution in [0.25, 0.3) is 0 Å². The van der Waals surface area contributed by atoms with Crippen molar-refractivity contribution in [1.82, 2.24) is 5.06 Å². The van der Waals surface area contributed by atoms with Crippen LogP contribution in [-0.4, -0.2) is 23.4 Å². The van der Waals surface area contributed by atoms with Gasteiger partial charge in [-0.15, -0.1) is 0 Å². The topological polar surface area (TPSA) is 23.5 Å². The van der Waals surface area contributed by atoms with Crippen molar-refractivity contribution in [3.8, 4) is 0 Å². The minimum Gasteiger partial charge on any atom is -0.314 e. The molecular formula is C11H16BrNO. The summed E-state index contributed by atoms with van der Waals surface area (Å²) in [5.74, 6) is 0. The first-order valence-electron chi connectivity index (χ1n) is 4.90. The van der Waals surface area contributed by atoms with Gasteiger partial charge in [0.2, 0.25) is 0 Å². The second-order valence-corrected chi connectivity index (χ2v) is 4.25. The molecule has 14 heavy (non-hydrogen) atoms. The fourth-order valence-electron chi connectivity index (χ4n) is 1.28. The number of rotatable bonds is 5. The Hall–Kier alpha value is -0.380. The van der Waals surface area contributed by atoms with Crippen LogP contribution in [0.1, 0.15) is 18.9 Å². The van der Waals surface area contributed by atoms with E-state index in [2.05, 4.69) is 35.0 Å². The smallest absolute Gasteiger partial charge is 0.0278 e. The zero-order chi connectivity index (χ0) is 10.4. The number of nitrogens with zero attached hydrogens (tertiary/aromatic N) is 1. The van der Waals surface area contributed by atoms with Crippen LogP contribution < -0.4 is 0 Å². The predicted molar refractivity (Wildman–Crippen MR) is 61.5 cm³/mol. The minimum absolute atomic E-state index is 0.704. The van der Waals surface area contributed by atoms with Crippen molar-refractivity contribution in [2.45, 2.75) is 19.8 Å². The van der Waals surface area contributed by atoms with E-state index in [1.165, 1.54) is 10.6 Å². The molecule has 0 radical (unpaired) electrons. The molecule has 0 fully saturated rings. The van der Waals surface area contributed by atoms with E-state index in [4.69, 9.17) is 0 Å². The molecule has 1 aromatic carbocycles. The molecule has 0 saturated heterocycles. The van der Waals surface area contributed by atoms with Crippen LogP contribution in [-0.2, 0) is 6.42 Å². The molecule has 0 amide bonds. The van der Waals surface area contributed by atoms with Crippen LogP contribution in [0.4, 0.5) is 0 Å². The lowest BCUT2D eigenvalue weighted by Gasteiger charge is -2.12. The van der Waals surface area contributed by atoms with Crippen LogP contribution in [0.5, 0.6) is 0 Å². The molecule has 3 heteroatoms. The van der Waals surface area contributed by atoms with Crippen LogP contribution in [0, 0.1) is 0 Å². The van der Waals surface area contributed by atoms with Gasteiger partial charge in [-0.2, -0.15) is 5.06 Å². The number of hydrogen-bond donors (Lipinski definition) is 1. The molecule has 0 saturated carbocycles. The standard InChI is InChI=1S/C11H16BrNO/c1-2-8-13(14)9-7-10-3-5-11(12)6-4-10/h3-6,14H,2,7-9H2,1H3. The molecule has 0 aliphatic rings. The monoisotopic (exact) mass is 257 g/mol. The maximum Gasteiger partial charge on any atom is 0.0278 e. The van der Waals surface area contributed by atoms with Gasteiger partial charge in [-0.1, -0.05) is 35.0 Å². The Labute approximate surface area is 93.6 Å². The van der Waals surface area contributed by atoms with Gasteiger partial charge in [0.1, 0.15) is 0 Å². The van der Waals surface area contributed by atoms with Crippen LogP contribution in [0.15, 0.2) is 28.7 Å². The van der Waals surface area contributed by atoms with Crippen LogP contribution in [0.3, 0.4) is 0 Å². The van der Waals surface area contributed by atoms with E-state index in [0.29, 0.717) is 6.54 Å². The zero-order valence-corrected chi connectivity index (χ0v) is 10.00. The van der Waals surface area contributed by atoms with Crippen LogP contribution >= 0.6 is 15.9 Å². The van der Waals surface area contributed by atoms with Crippen molar-refractivity contribution in [3.63, 3.8) is 0 Å². The Morgan fingerprint density at radius 1 is 1.21 bits per heavy atom. The highest BCUT2D eigenvalue weighted by atomic mass is 79.9. The molecule has 1 rings (SSSR count). The highest BCUT2D eigenvalue weighted by Crippen LogP contribution is 2.10. The summed E-state index contributed by atoms with van der Waals surface area (Å²) in [7, 11) is 0. The van der Waals surface area contributed by atoms with Gasteiger partial charge in [-0.25, -0.2) is 0 Å². The van der Waals surface area contributed by atoms with E-state index in [9.17, 15) is 5.21 Å². The van der Waals surface area contributed by atoms with Gasteiger partial charge in [-0.3, -0.25) is 0 Å². The first kappa shape index (κ1) is 11.7. The fourth-order valence-corrected chi connectivity index (χ4v) is 1.54. The van der Waals surface area contributed by atoms with E-state index in [1.54, 1.807) is 0 Å². The highest BCUT2D eigenvalue weighted by Gasteiger charge is 1.99. The summed E-state index contributed by atoms with van der Waals surface area (Å²) in [6, 6.07) is 8.20. The molecule has 0 aliphatic heterocycles. The molecule has 2 nitrogen and oxygen atoms in total. The van der Waals surface area contributed by atoms with Gasteiger partial charge < -0.3 is 5.21 Å².